The third-order valence-corrected chi connectivity index (χ3v) is 6.88. The average molecular weight is 448 g/mol. The van der Waals surface area contributed by atoms with Crippen LogP contribution in [0.2, 0.25) is 0 Å². The van der Waals surface area contributed by atoms with Gasteiger partial charge in [-0.1, -0.05) is 63.7 Å². The monoisotopic (exact) mass is 444 g/mol. The van der Waals surface area contributed by atoms with Crippen molar-refractivity contribution in [1.29, 1.82) is 0 Å². The maximum atomic E-state index is 8.86. The Morgan fingerprint density at radius 3 is 1.23 bits per heavy atom. The molecule has 0 aromatic carbocycles. The van der Waals surface area contributed by atoms with Gasteiger partial charge in [-0.2, -0.15) is 0 Å². The summed E-state index contributed by atoms with van der Waals surface area (Å²) in [5.41, 5.74) is 0. The molecule has 0 spiro atoms. The van der Waals surface area contributed by atoms with Gasteiger partial charge in [-0.3, -0.25) is 0 Å². The average Bonchev–Trinajstić information content (AvgIpc) is 2.14. The van der Waals surface area contributed by atoms with Gasteiger partial charge in [-0.25, -0.2) is 0 Å². The van der Waals surface area contributed by atoms with Crippen molar-refractivity contribution in [3.63, 3.8) is 0 Å². The van der Waals surface area contributed by atoms with E-state index >= 15 is 0 Å². The molecule has 2 nitrogen and oxygen atoms in total. The molecule has 0 unspecified atom stereocenters. The van der Waals surface area contributed by atoms with E-state index in [1.165, 1.54) is 0 Å². The fourth-order valence-corrected chi connectivity index (χ4v) is 2.81. The van der Waals surface area contributed by atoms with Crippen LogP contribution in [0.5, 0.6) is 0 Å². The third kappa shape index (κ3) is 6.10. The van der Waals surface area contributed by atoms with Crippen LogP contribution in [0.25, 0.3) is 0 Å². The summed E-state index contributed by atoms with van der Waals surface area (Å²) in [6.07, 6.45) is 0.826. The van der Waals surface area contributed by atoms with Gasteiger partial charge in [0.05, 0.1) is 22.9 Å². The largest absolute Gasteiger partial charge is 0.395 e. The lowest BCUT2D eigenvalue weighted by atomic mass is 10.1. The van der Waals surface area contributed by atoms with Crippen LogP contribution in [0.1, 0.15) is 6.42 Å². The summed E-state index contributed by atoms with van der Waals surface area (Å²) < 4.78 is 0. The molecule has 2 N–H and O–H groups in total. The molecule has 0 amide bonds. The number of alkyl halides is 4. The lowest BCUT2D eigenvalue weighted by Gasteiger charge is -2.20. The lowest BCUT2D eigenvalue weighted by Crippen LogP contribution is -2.27. The Bertz CT molecular complexity index is 122. The first-order valence-electron chi connectivity index (χ1n) is 3.80. The van der Waals surface area contributed by atoms with Gasteiger partial charge in [0.2, 0.25) is 0 Å². The first kappa shape index (κ1) is 14.8. The zero-order valence-corrected chi connectivity index (χ0v) is 13.2. The highest BCUT2D eigenvalue weighted by molar-refractivity contribution is 9.13. The molecule has 4 atom stereocenters. The van der Waals surface area contributed by atoms with Crippen LogP contribution in [0.4, 0.5) is 0 Å². The van der Waals surface area contributed by atoms with E-state index in [4.69, 9.17) is 10.2 Å². The summed E-state index contributed by atoms with van der Waals surface area (Å²) >= 11 is 13.6. The zero-order valence-electron chi connectivity index (χ0n) is 6.84. The second-order valence-electron chi connectivity index (χ2n) is 2.66. The molecule has 0 heterocycles. The molecular weight excluding hydrogens is 436 g/mol. The number of rotatable bonds is 6. The van der Waals surface area contributed by atoms with Gasteiger partial charge in [0.1, 0.15) is 0 Å². The molecule has 0 saturated carbocycles. The normalized spacial score (nSPS) is 20.8. The zero-order chi connectivity index (χ0) is 10.4. The summed E-state index contributed by atoms with van der Waals surface area (Å²) in [6, 6.07) is 0. The highest BCUT2D eigenvalue weighted by Gasteiger charge is 2.22. The molecule has 0 aliphatic heterocycles. The molecule has 0 aromatic heterocycles. The van der Waals surface area contributed by atoms with E-state index < -0.39 is 0 Å². The molecule has 13 heavy (non-hydrogen) atoms. The van der Waals surface area contributed by atoms with Crippen molar-refractivity contribution < 1.29 is 10.2 Å². The van der Waals surface area contributed by atoms with Crippen LogP contribution < -0.4 is 0 Å². The van der Waals surface area contributed by atoms with E-state index in [9.17, 15) is 0 Å². The second-order valence-corrected chi connectivity index (χ2v) is 7.37. The van der Waals surface area contributed by atoms with E-state index in [1.54, 1.807) is 0 Å². The molecule has 0 saturated heterocycles. The van der Waals surface area contributed by atoms with E-state index in [0.717, 1.165) is 6.42 Å². The number of aliphatic hydroxyl groups is 2. The van der Waals surface area contributed by atoms with Crippen LogP contribution in [0.15, 0.2) is 0 Å². The minimum atomic E-state index is 0.0472. The van der Waals surface area contributed by atoms with Gasteiger partial charge < -0.3 is 10.2 Å². The third-order valence-electron chi connectivity index (χ3n) is 1.58. The van der Waals surface area contributed by atoms with Crippen molar-refractivity contribution in [1.82, 2.24) is 0 Å². The summed E-state index contributed by atoms with van der Waals surface area (Å²) in [7, 11) is 0. The molecule has 6 heteroatoms. The van der Waals surface area contributed by atoms with E-state index in [2.05, 4.69) is 63.7 Å². The SMILES string of the molecule is OC[C@H](Br)[C@H](Br)C[C@@H](Br)[C@@H](Br)CO. The van der Waals surface area contributed by atoms with E-state index in [-0.39, 0.29) is 32.5 Å². The number of hydrogen-bond acceptors (Lipinski definition) is 2. The van der Waals surface area contributed by atoms with Gasteiger partial charge in [0.25, 0.3) is 0 Å². The Hall–Kier alpha value is 1.84. The topological polar surface area (TPSA) is 40.5 Å². The highest BCUT2D eigenvalue weighted by Crippen LogP contribution is 2.26. The van der Waals surface area contributed by atoms with Gasteiger partial charge >= 0.3 is 0 Å². The first-order chi connectivity index (χ1) is 6.02. The van der Waals surface area contributed by atoms with Crippen molar-refractivity contribution in [2.75, 3.05) is 13.2 Å². The van der Waals surface area contributed by atoms with E-state index in [0.29, 0.717) is 0 Å². The number of aliphatic hydroxyl groups excluding tert-OH is 2. The van der Waals surface area contributed by atoms with Gasteiger partial charge in [-0.15, -0.1) is 0 Å². The lowest BCUT2D eigenvalue weighted by molar-refractivity contribution is 0.285. The van der Waals surface area contributed by atoms with E-state index in [1.807, 2.05) is 0 Å². The Balaban J connectivity index is 3.83. The van der Waals surface area contributed by atoms with Crippen LogP contribution in [0.3, 0.4) is 0 Å². The molecule has 0 rings (SSSR count). The van der Waals surface area contributed by atoms with Gasteiger partial charge in [0.15, 0.2) is 0 Å². The first-order valence-corrected chi connectivity index (χ1v) is 7.47. The predicted octanol–water partition coefficient (Wildman–Crippen LogP) is 2.42. The molecular formula is C7H12Br4O2. The molecule has 0 aliphatic rings. The second kappa shape index (κ2) is 8.05. The van der Waals surface area contributed by atoms with Crippen molar-refractivity contribution in [2.24, 2.45) is 0 Å². The van der Waals surface area contributed by atoms with Crippen LogP contribution in [-0.2, 0) is 0 Å². The van der Waals surface area contributed by atoms with Crippen molar-refractivity contribution in [3.05, 3.63) is 0 Å². The fourth-order valence-electron chi connectivity index (χ4n) is 0.739. The number of halogens is 4. The Labute approximate surface area is 112 Å². The summed E-state index contributed by atoms with van der Waals surface area (Å²) in [6.45, 7) is 0.198. The van der Waals surface area contributed by atoms with Crippen LogP contribution in [-0.4, -0.2) is 42.7 Å². The van der Waals surface area contributed by atoms with Crippen molar-refractivity contribution >= 4 is 63.7 Å². The maximum absolute atomic E-state index is 8.86. The number of hydrogen-bond donors (Lipinski definition) is 2. The highest BCUT2D eigenvalue weighted by atomic mass is 79.9. The molecule has 0 bridgehead atoms. The van der Waals surface area contributed by atoms with Gasteiger partial charge in [0, 0.05) is 9.65 Å². The van der Waals surface area contributed by atoms with Gasteiger partial charge in [-0.05, 0) is 6.42 Å². The summed E-state index contributed by atoms with van der Waals surface area (Å²) in [5, 5.41) is 17.7. The van der Waals surface area contributed by atoms with Crippen molar-refractivity contribution in [2.45, 2.75) is 25.7 Å². The molecule has 0 radical (unpaired) electrons. The van der Waals surface area contributed by atoms with Crippen LogP contribution in [0, 0.1) is 0 Å². The smallest absolute Gasteiger partial charge is 0.0567 e. The molecule has 0 fully saturated rings. The Kier molecular flexibility index (Phi) is 9.18. The minimum absolute atomic E-state index is 0.0472. The summed E-state index contributed by atoms with van der Waals surface area (Å²) in [5.74, 6) is 0. The quantitative estimate of drug-likeness (QED) is 0.614. The van der Waals surface area contributed by atoms with Crippen LogP contribution >= 0.6 is 63.7 Å². The summed E-state index contributed by atoms with van der Waals surface area (Å²) in [4.78, 5) is 0.471. The van der Waals surface area contributed by atoms with Crippen molar-refractivity contribution in [3.8, 4) is 0 Å². The predicted molar refractivity (Wildman–Crippen MR) is 69.6 cm³/mol. The molecule has 0 aromatic rings. The Morgan fingerprint density at radius 1 is 0.692 bits per heavy atom. The Morgan fingerprint density at radius 2 is 1.00 bits per heavy atom. The minimum Gasteiger partial charge on any atom is -0.395 e. The standard InChI is InChI=1S/C7H12Br4O2/c8-4(6(10)2-12)1-5(9)7(11)3-13/h4-7,12-13H,1-3H2/t4-,5-,6+,7+/m1/s1. The fraction of sp³-hybridized carbons (Fsp3) is 1.00. The molecule has 80 valence electrons. The molecule has 0 aliphatic carbocycles. The maximum Gasteiger partial charge on any atom is 0.0567 e.